The second-order valence-corrected chi connectivity index (χ2v) is 7.94. The van der Waals surface area contributed by atoms with Crippen molar-refractivity contribution in [2.24, 2.45) is 4.99 Å². The van der Waals surface area contributed by atoms with Crippen LogP contribution in [0.1, 0.15) is 5.76 Å². The molecule has 28 heavy (non-hydrogen) atoms. The summed E-state index contributed by atoms with van der Waals surface area (Å²) in [5.41, 5.74) is 1.65. The van der Waals surface area contributed by atoms with Gasteiger partial charge in [0.15, 0.2) is 5.17 Å². The number of aliphatic imine (C=N–C) groups is 1. The van der Waals surface area contributed by atoms with Crippen LogP contribution in [0, 0.1) is 0 Å². The number of nitrogens with zero attached hydrogens (tertiary/aromatic N) is 2. The summed E-state index contributed by atoms with van der Waals surface area (Å²) in [7, 11) is 1.70. The lowest BCUT2D eigenvalue weighted by atomic mass is 10.2. The number of benzene rings is 2. The Hall–Kier alpha value is -2.47. The minimum atomic E-state index is -0.123. The van der Waals surface area contributed by atoms with Crippen molar-refractivity contribution >= 4 is 57.8 Å². The average Bonchev–Trinajstić information content (AvgIpc) is 3.25. The fourth-order valence-corrected chi connectivity index (χ4v) is 3.83. The maximum atomic E-state index is 12.6. The summed E-state index contributed by atoms with van der Waals surface area (Å²) in [5.74, 6) is 1.19. The Morgan fingerprint density at radius 1 is 0.964 bits per heavy atom. The number of amides is 1. The van der Waals surface area contributed by atoms with Crippen LogP contribution in [0.4, 0.5) is 5.69 Å². The van der Waals surface area contributed by atoms with E-state index in [-0.39, 0.29) is 5.91 Å². The molecule has 2 aromatic carbocycles. The topological polar surface area (TPSA) is 45.8 Å². The van der Waals surface area contributed by atoms with Gasteiger partial charge in [-0.05, 0) is 72.4 Å². The van der Waals surface area contributed by atoms with Crippen molar-refractivity contribution in [1.82, 2.24) is 4.90 Å². The maximum Gasteiger partial charge on any atom is 0.266 e. The first kappa shape index (κ1) is 18.9. The van der Waals surface area contributed by atoms with E-state index >= 15 is 0 Å². The zero-order valence-corrected chi connectivity index (χ0v) is 17.1. The molecule has 1 saturated heterocycles. The standard InChI is InChI=1S/C21H14Cl2N2O2S/c1-25-20(26)19(28-21(25)24-16-8-6-15(23)7-9-16)12-17-10-11-18(27-17)13-2-4-14(22)5-3-13/h2-12H,1H3/b19-12-,24-21?. The minimum absolute atomic E-state index is 0.123. The molecule has 1 aliphatic rings. The Bertz CT molecular complexity index is 1090. The van der Waals surface area contributed by atoms with Crippen LogP contribution in [-0.2, 0) is 4.79 Å². The first-order valence-electron chi connectivity index (χ1n) is 8.37. The molecule has 1 aliphatic heterocycles. The summed E-state index contributed by atoms with van der Waals surface area (Å²) in [5, 5.41) is 1.91. The van der Waals surface area contributed by atoms with E-state index in [1.165, 1.54) is 16.7 Å². The van der Waals surface area contributed by atoms with Gasteiger partial charge in [-0.2, -0.15) is 0 Å². The predicted octanol–water partition coefficient (Wildman–Crippen LogP) is 6.49. The van der Waals surface area contributed by atoms with Crippen molar-refractivity contribution in [2.45, 2.75) is 0 Å². The smallest absolute Gasteiger partial charge is 0.266 e. The molecule has 0 atom stereocenters. The van der Waals surface area contributed by atoms with Crippen LogP contribution in [0.25, 0.3) is 17.4 Å². The molecule has 140 valence electrons. The molecule has 0 aliphatic carbocycles. The molecule has 7 heteroatoms. The van der Waals surface area contributed by atoms with Gasteiger partial charge < -0.3 is 4.42 Å². The number of carbonyl (C=O) groups excluding carboxylic acids is 1. The highest BCUT2D eigenvalue weighted by molar-refractivity contribution is 8.18. The fraction of sp³-hybridized carbons (Fsp3) is 0.0476. The monoisotopic (exact) mass is 428 g/mol. The molecular formula is C21H14Cl2N2O2S. The van der Waals surface area contributed by atoms with Crippen molar-refractivity contribution in [2.75, 3.05) is 7.05 Å². The number of hydrogen-bond acceptors (Lipinski definition) is 4. The summed E-state index contributed by atoms with van der Waals surface area (Å²) in [6, 6.07) is 18.2. The number of hydrogen-bond donors (Lipinski definition) is 0. The van der Waals surface area contributed by atoms with Crippen LogP contribution in [0.3, 0.4) is 0 Å². The summed E-state index contributed by atoms with van der Waals surface area (Å²) in [6.07, 6.45) is 1.73. The number of furan rings is 1. The van der Waals surface area contributed by atoms with Gasteiger partial charge in [-0.3, -0.25) is 9.69 Å². The molecule has 0 spiro atoms. The number of likely N-dealkylation sites (N-methyl/N-ethyl adjacent to an activating group) is 1. The number of amidine groups is 1. The highest BCUT2D eigenvalue weighted by Crippen LogP contribution is 2.34. The van der Waals surface area contributed by atoms with Crippen molar-refractivity contribution in [3.05, 3.63) is 81.4 Å². The highest BCUT2D eigenvalue weighted by atomic mass is 35.5. The summed E-state index contributed by atoms with van der Waals surface area (Å²) < 4.78 is 5.86. The number of rotatable bonds is 3. The first-order chi connectivity index (χ1) is 13.5. The van der Waals surface area contributed by atoms with Crippen molar-refractivity contribution < 1.29 is 9.21 Å². The molecule has 4 rings (SSSR count). The second-order valence-electron chi connectivity index (χ2n) is 6.05. The summed E-state index contributed by atoms with van der Waals surface area (Å²) in [4.78, 5) is 19.2. The highest BCUT2D eigenvalue weighted by Gasteiger charge is 2.30. The van der Waals surface area contributed by atoms with E-state index in [0.717, 1.165) is 11.3 Å². The third-order valence-corrected chi connectivity index (χ3v) is 5.65. The van der Waals surface area contributed by atoms with E-state index in [9.17, 15) is 4.79 Å². The third-order valence-electron chi connectivity index (χ3n) is 4.08. The number of carbonyl (C=O) groups is 1. The molecule has 4 nitrogen and oxygen atoms in total. The van der Waals surface area contributed by atoms with Crippen LogP contribution in [0.15, 0.2) is 75.0 Å². The third kappa shape index (κ3) is 4.02. The zero-order valence-electron chi connectivity index (χ0n) is 14.7. The van der Waals surface area contributed by atoms with Gasteiger partial charge in [-0.15, -0.1) is 0 Å². The molecule has 2 heterocycles. The molecule has 0 unspecified atom stereocenters. The van der Waals surface area contributed by atoms with E-state index in [0.29, 0.717) is 31.6 Å². The van der Waals surface area contributed by atoms with Gasteiger partial charge in [0.25, 0.3) is 5.91 Å². The molecule has 0 bridgehead atoms. The van der Waals surface area contributed by atoms with Crippen molar-refractivity contribution in [3.63, 3.8) is 0 Å². The molecule has 3 aromatic rings. The van der Waals surface area contributed by atoms with Crippen LogP contribution >= 0.6 is 35.0 Å². The molecule has 1 amide bonds. The SMILES string of the molecule is CN1C(=O)/C(=C/c2ccc(-c3ccc(Cl)cc3)o2)SC1=Nc1ccc(Cl)cc1. The van der Waals surface area contributed by atoms with Gasteiger partial charge in [-0.1, -0.05) is 23.2 Å². The van der Waals surface area contributed by atoms with E-state index < -0.39 is 0 Å². The number of thioether (sulfide) groups is 1. The van der Waals surface area contributed by atoms with Gasteiger partial charge >= 0.3 is 0 Å². The number of halogens is 2. The Kier molecular flexibility index (Phi) is 5.31. The van der Waals surface area contributed by atoms with Gasteiger partial charge in [0, 0.05) is 28.7 Å². The Balaban J connectivity index is 1.57. The molecule has 0 radical (unpaired) electrons. The zero-order chi connectivity index (χ0) is 19.7. The normalized spacial score (nSPS) is 17.1. The van der Waals surface area contributed by atoms with Crippen molar-refractivity contribution in [3.8, 4) is 11.3 Å². The second kappa shape index (κ2) is 7.87. The lowest BCUT2D eigenvalue weighted by molar-refractivity contribution is -0.121. The largest absolute Gasteiger partial charge is 0.457 e. The lowest BCUT2D eigenvalue weighted by Crippen LogP contribution is -2.23. The van der Waals surface area contributed by atoms with Crippen LogP contribution in [0.5, 0.6) is 0 Å². The van der Waals surface area contributed by atoms with Gasteiger partial charge in [-0.25, -0.2) is 4.99 Å². The predicted molar refractivity (Wildman–Crippen MR) is 116 cm³/mol. The van der Waals surface area contributed by atoms with E-state index in [4.69, 9.17) is 27.6 Å². The lowest BCUT2D eigenvalue weighted by Gasteiger charge is -2.06. The minimum Gasteiger partial charge on any atom is -0.457 e. The van der Waals surface area contributed by atoms with Gasteiger partial charge in [0.2, 0.25) is 0 Å². The Morgan fingerprint density at radius 2 is 1.61 bits per heavy atom. The van der Waals surface area contributed by atoms with E-state index in [2.05, 4.69) is 4.99 Å². The molecule has 0 N–H and O–H groups in total. The average molecular weight is 429 g/mol. The maximum absolute atomic E-state index is 12.6. The molecular weight excluding hydrogens is 415 g/mol. The fourth-order valence-electron chi connectivity index (χ4n) is 2.61. The van der Waals surface area contributed by atoms with E-state index in [1.807, 2.05) is 36.4 Å². The molecule has 0 saturated carbocycles. The first-order valence-corrected chi connectivity index (χ1v) is 9.94. The van der Waals surface area contributed by atoms with Crippen LogP contribution in [0.2, 0.25) is 10.0 Å². The van der Waals surface area contributed by atoms with Gasteiger partial charge in [0.1, 0.15) is 11.5 Å². The quantitative estimate of drug-likeness (QED) is 0.447. The van der Waals surface area contributed by atoms with Crippen LogP contribution < -0.4 is 0 Å². The summed E-state index contributed by atoms with van der Waals surface area (Å²) in [6.45, 7) is 0. The Morgan fingerprint density at radius 3 is 2.29 bits per heavy atom. The molecule has 1 fully saturated rings. The van der Waals surface area contributed by atoms with Crippen molar-refractivity contribution in [1.29, 1.82) is 0 Å². The Labute approximate surface area is 176 Å². The van der Waals surface area contributed by atoms with Crippen LogP contribution in [-0.4, -0.2) is 23.0 Å². The summed E-state index contributed by atoms with van der Waals surface area (Å²) >= 11 is 13.1. The molecule has 1 aromatic heterocycles. The van der Waals surface area contributed by atoms with E-state index in [1.54, 1.807) is 37.4 Å². The van der Waals surface area contributed by atoms with Gasteiger partial charge in [0.05, 0.1) is 10.6 Å².